The molecule has 2 aliphatic heterocycles. The minimum absolute atomic E-state index is 0.125. The Labute approximate surface area is 293 Å². The number of nitrogens with zero attached hydrogens (tertiary/aromatic N) is 2. The zero-order valence-electron chi connectivity index (χ0n) is 27.8. The maximum atomic E-state index is 14.4. The second kappa shape index (κ2) is 12.7. The zero-order chi connectivity index (χ0) is 34.5. The van der Waals surface area contributed by atoms with Crippen molar-refractivity contribution in [2.75, 3.05) is 50.1 Å². The van der Waals surface area contributed by atoms with Crippen LogP contribution >= 0.6 is 11.6 Å². The summed E-state index contributed by atoms with van der Waals surface area (Å²) in [4.78, 5) is 38.7. The molecule has 2 aliphatic rings. The highest BCUT2D eigenvalue weighted by atomic mass is 35.5. The number of carbonyl (C=O) groups is 2. The van der Waals surface area contributed by atoms with Gasteiger partial charge in [-0.1, -0.05) is 48.5 Å². The van der Waals surface area contributed by atoms with Gasteiger partial charge in [-0.15, -0.1) is 11.6 Å². The van der Waals surface area contributed by atoms with Gasteiger partial charge in [-0.3, -0.25) is 9.59 Å². The molecule has 2 N–H and O–H groups in total. The first-order valence-corrected chi connectivity index (χ1v) is 16.9. The average molecular weight is 691 g/mol. The van der Waals surface area contributed by atoms with Gasteiger partial charge in [0.05, 0.1) is 38.1 Å². The van der Waals surface area contributed by atoms with Crippen LogP contribution in [-0.2, 0) is 13.0 Å². The second-order valence-corrected chi connectivity index (χ2v) is 12.8. The summed E-state index contributed by atoms with van der Waals surface area (Å²) in [5.41, 5.74) is 6.73. The fourth-order valence-electron chi connectivity index (χ4n) is 7.32. The number of H-pyrrole nitrogens is 2. The van der Waals surface area contributed by atoms with Crippen LogP contribution < -0.4 is 28.7 Å². The number of ether oxygens (including phenoxy) is 4. The SMILES string of the molecule is COc1cc2cc(C(=O)N3C[C@@H](CCl)c4c3cc(OCc3ccccc3)c3[nH]c(C(=O)N5CCc6ccccc65)cc43)[nH]c2c(OC)c1OC. The van der Waals surface area contributed by atoms with Crippen LogP contribution in [0.3, 0.4) is 0 Å². The van der Waals surface area contributed by atoms with Gasteiger partial charge in [-0.25, -0.2) is 0 Å². The molecular weight excluding hydrogens is 656 g/mol. The monoisotopic (exact) mass is 690 g/mol. The Kier molecular flexibility index (Phi) is 8.03. The minimum Gasteiger partial charge on any atom is -0.493 e. The Morgan fingerprint density at radius 2 is 1.50 bits per heavy atom. The smallest absolute Gasteiger partial charge is 0.274 e. The summed E-state index contributed by atoms with van der Waals surface area (Å²) in [6.07, 6.45) is 0.799. The van der Waals surface area contributed by atoms with Gasteiger partial charge in [-0.2, -0.15) is 0 Å². The van der Waals surface area contributed by atoms with Gasteiger partial charge in [0.2, 0.25) is 5.75 Å². The van der Waals surface area contributed by atoms with E-state index in [1.807, 2.05) is 65.6 Å². The Hall–Kier alpha value is -5.61. The molecule has 0 spiro atoms. The number of hydrogen-bond acceptors (Lipinski definition) is 6. The van der Waals surface area contributed by atoms with Crippen LogP contribution in [0.1, 0.15) is 43.6 Å². The fourth-order valence-corrected chi connectivity index (χ4v) is 7.57. The van der Waals surface area contributed by atoms with E-state index in [9.17, 15) is 9.59 Å². The van der Waals surface area contributed by atoms with E-state index in [4.69, 9.17) is 30.5 Å². The molecule has 6 aromatic rings. The first kappa shape index (κ1) is 31.6. The molecule has 0 saturated carbocycles. The number of nitrogens with one attached hydrogen (secondary N) is 2. The summed E-state index contributed by atoms with van der Waals surface area (Å²) in [5, 5.41) is 1.53. The van der Waals surface area contributed by atoms with Gasteiger partial charge in [-0.05, 0) is 47.4 Å². The molecule has 0 fully saturated rings. The van der Waals surface area contributed by atoms with E-state index >= 15 is 0 Å². The van der Waals surface area contributed by atoms with Crippen molar-refractivity contribution in [2.45, 2.75) is 18.9 Å². The van der Waals surface area contributed by atoms with E-state index in [-0.39, 0.29) is 23.6 Å². The van der Waals surface area contributed by atoms with Crippen LogP contribution in [0.2, 0.25) is 0 Å². The number of carbonyl (C=O) groups excluding carboxylic acids is 2. The molecule has 2 amide bonds. The molecule has 1 atom stereocenters. The number of aromatic amines is 2. The predicted molar refractivity (Wildman–Crippen MR) is 194 cm³/mol. The number of anilines is 2. The van der Waals surface area contributed by atoms with Crippen molar-refractivity contribution < 1.29 is 28.5 Å². The highest BCUT2D eigenvalue weighted by molar-refractivity contribution is 6.20. The Balaban J connectivity index is 1.23. The average Bonchev–Trinajstić information content (AvgIpc) is 3.96. The van der Waals surface area contributed by atoms with Gasteiger partial charge in [0.15, 0.2) is 11.5 Å². The van der Waals surface area contributed by atoms with Crippen molar-refractivity contribution in [2.24, 2.45) is 0 Å². The van der Waals surface area contributed by atoms with Crippen molar-refractivity contribution in [3.63, 3.8) is 0 Å². The summed E-state index contributed by atoms with van der Waals surface area (Å²) in [5.74, 6) is 1.60. The topological polar surface area (TPSA) is 109 Å². The molecule has 11 heteroatoms. The van der Waals surface area contributed by atoms with E-state index in [0.717, 1.165) is 39.6 Å². The lowest BCUT2D eigenvalue weighted by molar-refractivity contribution is 0.0977. The highest BCUT2D eigenvalue weighted by Gasteiger charge is 2.37. The Morgan fingerprint density at radius 1 is 0.780 bits per heavy atom. The fraction of sp³-hybridized carbons (Fsp3) is 0.231. The van der Waals surface area contributed by atoms with Crippen molar-refractivity contribution in [3.8, 4) is 23.0 Å². The second-order valence-electron chi connectivity index (χ2n) is 12.4. The van der Waals surface area contributed by atoms with Crippen LogP contribution in [0.4, 0.5) is 11.4 Å². The summed E-state index contributed by atoms with van der Waals surface area (Å²) in [7, 11) is 4.63. The number of aromatic nitrogens is 2. The molecule has 0 aliphatic carbocycles. The van der Waals surface area contributed by atoms with Crippen molar-refractivity contribution in [3.05, 3.63) is 107 Å². The first-order valence-electron chi connectivity index (χ1n) is 16.4. The van der Waals surface area contributed by atoms with Gasteiger partial charge in [0.1, 0.15) is 23.7 Å². The van der Waals surface area contributed by atoms with E-state index in [2.05, 4.69) is 16.0 Å². The number of hydrogen-bond donors (Lipinski definition) is 2. The van der Waals surface area contributed by atoms with Gasteiger partial charge in [0.25, 0.3) is 11.8 Å². The molecule has 10 nitrogen and oxygen atoms in total. The number of benzene rings is 4. The quantitative estimate of drug-likeness (QED) is 0.153. The molecule has 4 heterocycles. The third kappa shape index (κ3) is 5.09. The van der Waals surface area contributed by atoms with E-state index in [1.165, 1.54) is 7.11 Å². The Bertz CT molecular complexity index is 2280. The van der Waals surface area contributed by atoms with Gasteiger partial charge < -0.3 is 38.7 Å². The lowest BCUT2D eigenvalue weighted by atomic mass is 9.98. The van der Waals surface area contributed by atoms with Crippen LogP contribution in [0.25, 0.3) is 21.8 Å². The van der Waals surface area contributed by atoms with Crippen LogP contribution in [-0.4, -0.2) is 62.1 Å². The van der Waals surface area contributed by atoms with Crippen molar-refractivity contribution >= 4 is 56.6 Å². The lowest BCUT2D eigenvalue weighted by Gasteiger charge is -2.18. The number of alkyl halides is 1. The summed E-state index contributed by atoms with van der Waals surface area (Å²) < 4.78 is 23.2. The number of amides is 2. The van der Waals surface area contributed by atoms with Gasteiger partial charge in [0, 0.05) is 47.4 Å². The molecule has 0 unspecified atom stereocenters. The van der Waals surface area contributed by atoms with E-state index in [0.29, 0.717) is 70.8 Å². The van der Waals surface area contributed by atoms with Crippen LogP contribution in [0.5, 0.6) is 23.0 Å². The highest BCUT2D eigenvalue weighted by Crippen LogP contribution is 2.48. The maximum Gasteiger partial charge on any atom is 0.274 e. The lowest BCUT2D eigenvalue weighted by Crippen LogP contribution is -2.30. The molecule has 0 bridgehead atoms. The van der Waals surface area contributed by atoms with Gasteiger partial charge >= 0.3 is 0 Å². The zero-order valence-corrected chi connectivity index (χ0v) is 28.6. The van der Waals surface area contributed by atoms with Crippen LogP contribution in [0.15, 0.2) is 78.9 Å². The predicted octanol–water partition coefficient (Wildman–Crippen LogP) is 7.44. The van der Waals surface area contributed by atoms with Crippen molar-refractivity contribution in [1.82, 2.24) is 9.97 Å². The summed E-state index contributed by atoms with van der Waals surface area (Å²) >= 11 is 6.63. The maximum absolute atomic E-state index is 14.4. The molecular formula is C39H35ClN4O6. The first-order chi connectivity index (χ1) is 24.4. The molecule has 0 saturated heterocycles. The summed E-state index contributed by atoms with van der Waals surface area (Å²) in [6.45, 7) is 1.25. The standard InChI is InChI=1S/C39H35ClN4O6/c1-47-32-16-24-15-27(41-34(24)37(49-3)36(32)48-2)39(46)44-20-25(19-40)33-26-17-28(38(45)43-14-13-23-11-7-8-12-29(23)43)42-35(26)31(18-30(33)44)50-21-22-9-5-4-6-10-22/h4-12,15-18,25,41-42H,13-14,19-21H2,1-3H3/t25-/m1/s1. The molecule has 254 valence electrons. The number of halogens is 1. The van der Waals surface area contributed by atoms with Crippen LogP contribution in [0, 0.1) is 0 Å². The number of para-hydroxylation sites is 1. The number of fused-ring (bicyclic) bond motifs is 5. The minimum atomic E-state index is -0.246. The third-order valence-corrected chi connectivity index (χ3v) is 10.1. The third-order valence-electron chi connectivity index (χ3n) is 9.68. The Morgan fingerprint density at radius 3 is 2.26 bits per heavy atom. The largest absolute Gasteiger partial charge is 0.493 e. The normalized spacial score (nSPS) is 15.0. The number of methoxy groups -OCH3 is 3. The van der Waals surface area contributed by atoms with Crippen molar-refractivity contribution in [1.29, 1.82) is 0 Å². The number of rotatable bonds is 9. The van der Waals surface area contributed by atoms with E-state index in [1.54, 1.807) is 31.3 Å². The summed E-state index contributed by atoms with van der Waals surface area (Å²) in [6, 6.07) is 25.2. The van der Waals surface area contributed by atoms with E-state index < -0.39 is 0 Å². The molecule has 8 rings (SSSR count). The molecule has 0 radical (unpaired) electrons. The molecule has 4 aromatic carbocycles. The molecule has 50 heavy (non-hydrogen) atoms. The molecule has 2 aromatic heterocycles.